The molecule has 0 saturated carbocycles. The summed E-state index contributed by atoms with van der Waals surface area (Å²) in [5, 5.41) is 0. The minimum absolute atomic E-state index is 0.155. The average molecular weight is 198 g/mol. The van der Waals surface area contributed by atoms with Crippen LogP contribution in [-0.2, 0) is 4.79 Å². The lowest BCUT2D eigenvalue weighted by atomic mass is 10.1. The number of amides is 1. The van der Waals surface area contributed by atoms with Gasteiger partial charge in [0.2, 0.25) is 5.91 Å². The smallest absolute Gasteiger partial charge is 0.239 e. The first-order chi connectivity index (χ1) is 6.65. The number of nitrogens with two attached hydrogens (primary N) is 1. The molecule has 0 aromatic heterocycles. The second-order valence-electron chi connectivity index (χ2n) is 4.43. The van der Waals surface area contributed by atoms with E-state index in [9.17, 15) is 4.79 Å². The topological polar surface area (TPSA) is 46.3 Å². The summed E-state index contributed by atoms with van der Waals surface area (Å²) in [7, 11) is 0. The predicted molar refractivity (Wildman–Crippen MR) is 57.9 cm³/mol. The van der Waals surface area contributed by atoms with Gasteiger partial charge in [-0.25, -0.2) is 0 Å². The zero-order valence-corrected chi connectivity index (χ0v) is 9.33. The van der Waals surface area contributed by atoms with E-state index in [2.05, 4.69) is 13.8 Å². The van der Waals surface area contributed by atoms with E-state index in [1.54, 1.807) is 0 Å². The molecular formula is C11H22N2O. The van der Waals surface area contributed by atoms with E-state index in [1.165, 1.54) is 0 Å². The van der Waals surface area contributed by atoms with Crippen LogP contribution in [0.15, 0.2) is 0 Å². The normalized spacial score (nSPS) is 23.9. The maximum absolute atomic E-state index is 11.8. The summed E-state index contributed by atoms with van der Waals surface area (Å²) in [5.74, 6) is 0.806. The highest BCUT2D eigenvalue weighted by molar-refractivity contribution is 5.81. The van der Waals surface area contributed by atoms with Gasteiger partial charge in [0, 0.05) is 13.1 Å². The van der Waals surface area contributed by atoms with E-state index in [-0.39, 0.29) is 11.9 Å². The van der Waals surface area contributed by atoms with Crippen molar-refractivity contribution in [3.63, 3.8) is 0 Å². The molecule has 2 atom stereocenters. The van der Waals surface area contributed by atoms with Gasteiger partial charge in [-0.3, -0.25) is 4.79 Å². The second-order valence-corrected chi connectivity index (χ2v) is 4.43. The quantitative estimate of drug-likeness (QED) is 0.741. The fraction of sp³-hybridized carbons (Fsp3) is 0.909. The van der Waals surface area contributed by atoms with Crippen LogP contribution < -0.4 is 5.73 Å². The van der Waals surface area contributed by atoms with Crippen molar-refractivity contribution >= 4 is 5.91 Å². The highest BCUT2D eigenvalue weighted by Crippen LogP contribution is 2.16. The fourth-order valence-electron chi connectivity index (χ4n) is 1.92. The molecule has 0 bridgehead atoms. The minimum atomic E-state index is -0.264. The Kier molecular flexibility index (Phi) is 4.39. The van der Waals surface area contributed by atoms with Crippen LogP contribution in [0.3, 0.4) is 0 Å². The molecule has 1 aliphatic heterocycles. The van der Waals surface area contributed by atoms with E-state index in [0.717, 1.165) is 38.8 Å². The third kappa shape index (κ3) is 2.98. The molecule has 1 aliphatic rings. The van der Waals surface area contributed by atoms with Gasteiger partial charge in [-0.15, -0.1) is 0 Å². The fourth-order valence-corrected chi connectivity index (χ4v) is 1.92. The van der Waals surface area contributed by atoms with Crippen LogP contribution in [0, 0.1) is 5.92 Å². The maximum atomic E-state index is 11.8. The third-order valence-electron chi connectivity index (χ3n) is 2.92. The molecule has 1 saturated heterocycles. The predicted octanol–water partition coefficient (Wildman–Crippen LogP) is 1.37. The van der Waals surface area contributed by atoms with Crippen LogP contribution >= 0.6 is 0 Å². The first-order valence-electron chi connectivity index (χ1n) is 5.69. The molecule has 1 unspecified atom stereocenters. The highest BCUT2D eigenvalue weighted by atomic mass is 16.2. The Hall–Kier alpha value is -0.570. The molecule has 0 spiro atoms. The van der Waals surface area contributed by atoms with Crippen molar-refractivity contribution in [2.45, 2.75) is 45.6 Å². The van der Waals surface area contributed by atoms with Crippen LogP contribution in [0.4, 0.5) is 0 Å². The second kappa shape index (κ2) is 5.35. The molecule has 0 aromatic rings. The Bertz CT molecular complexity index is 194. The highest BCUT2D eigenvalue weighted by Gasteiger charge is 2.26. The lowest BCUT2D eigenvalue weighted by Gasteiger charge is -2.20. The number of carbonyl (C=O) groups is 1. The number of hydrogen-bond donors (Lipinski definition) is 1. The zero-order valence-electron chi connectivity index (χ0n) is 9.33. The number of rotatable bonds is 4. The van der Waals surface area contributed by atoms with Crippen molar-refractivity contribution in [2.24, 2.45) is 11.7 Å². The standard InChI is InChI=1S/C11H22N2O/c1-3-4-5-10(12)11(14)13-7-6-9(2)8-13/h9-10H,3-8,12H2,1-2H3/t9?,10-/m0/s1. The van der Waals surface area contributed by atoms with Gasteiger partial charge in [0.25, 0.3) is 0 Å². The Labute approximate surface area is 86.6 Å². The first-order valence-corrected chi connectivity index (χ1v) is 5.69. The summed E-state index contributed by atoms with van der Waals surface area (Å²) >= 11 is 0. The van der Waals surface area contributed by atoms with Gasteiger partial charge < -0.3 is 10.6 Å². The molecular weight excluding hydrogens is 176 g/mol. The van der Waals surface area contributed by atoms with Crippen LogP contribution in [0.2, 0.25) is 0 Å². The van der Waals surface area contributed by atoms with Gasteiger partial charge in [0.05, 0.1) is 6.04 Å². The lowest BCUT2D eigenvalue weighted by molar-refractivity contribution is -0.131. The maximum Gasteiger partial charge on any atom is 0.239 e. The Morgan fingerprint density at radius 2 is 2.36 bits per heavy atom. The molecule has 0 radical (unpaired) electrons. The average Bonchev–Trinajstić information content (AvgIpc) is 2.60. The van der Waals surface area contributed by atoms with Crippen LogP contribution in [-0.4, -0.2) is 29.9 Å². The molecule has 1 rings (SSSR count). The largest absolute Gasteiger partial charge is 0.341 e. The summed E-state index contributed by atoms with van der Waals surface area (Å²) in [4.78, 5) is 13.7. The van der Waals surface area contributed by atoms with Gasteiger partial charge >= 0.3 is 0 Å². The summed E-state index contributed by atoms with van der Waals surface area (Å²) in [5.41, 5.74) is 5.84. The molecule has 1 amide bonds. The van der Waals surface area contributed by atoms with Gasteiger partial charge in [0.1, 0.15) is 0 Å². The Balaban J connectivity index is 2.32. The number of nitrogens with zero attached hydrogens (tertiary/aromatic N) is 1. The summed E-state index contributed by atoms with van der Waals surface area (Å²) in [6.07, 6.45) is 4.13. The van der Waals surface area contributed by atoms with Crippen molar-refractivity contribution in [2.75, 3.05) is 13.1 Å². The molecule has 3 heteroatoms. The van der Waals surface area contributed by atoms with Crippen LogP contribution in [0.1, 0.15) is 39.5 Å². The van der Waals surface area contributed by atoms with Crippen molar-refractivity contribution < 1.29 is 4.79 Å². The SMILES string of the molecule is CCCC[C@H](N)C(=O)N1CCC(C)C1. The molecule has 2 N–H and O–H groups in total. The van der Waals surface area contributed by atoms with Crippen molar-refractivity contribution in [3.05, 3.63) is 0 Å². The summed E-state index contributed by atoms with van der Waals surface area (Å²) < 4.78 is 0. The summed E-state index contributed by atoms with van der Waals surface area (Å²) in [6.45, 7) is 6.11. The van der Waals surface area contributed by atoms with E-state index in [1.807, 2.05) is 4.90 Å². The van der Waals surface area contributed by atoms with Gasteiger partial charge in [0.15, 0.2) is 0 Å². The van der Waals surface area contributed by atoms with Gasteiger partial charge in [-0.1, -0.05) is 26.7 Å². The molecule has 0 aliphatic carbocycles. The molecule has 3 nitrogen and oxygen atoms in total. The van der Waals surface area contributed by atoms with Crippen LogP contribution in [0.5, 0.6) is 0 Å². The Morgan fingerprint density at radius 1 is 1.64 bits per heavy atom. The van der Waals surface area contributed by atoms with E-state index >= 15 is 0 Å². The van der Waals surface area contributed by atoms with Crippen molar-refractivity contribution in [1.82, 2.24) is 4.90 Å². The van der Waals surface area contributed by atoms with Gasteiger partial charge in [-0.2, -0.15) is 0 Å². The molecule has 82 valence electrons. The molecule has 1 fully saturated rings. The molecule has 0 aromatic carbocycles. The minimum Gasteiger partial charge on any atom is -0.341 e. The number of carbonyl (C=O) groups excluding carboxylic acids is 1. The summed E-state index contributed by atoms with van der Waals surface area (Å²) in [6, 6.07) is -0.264. The molecule has 1 heterocycles. The van der Waals surface area contributed by atoms with Crippen molar-refractivity contribution in [1.29, 1.82) is 0 Å². The number of hydrogen-bond acceptors (Lipinski definition) is 2. The van der Waals surface area contributed by atoms with E-state index in [0.29, 0.717) is 5.92 Å². The third-order valence-corrected chi connectivity index (χ3v) is 2.92. The van der Waals surface area contributed by atoms with Crippen LogP contribution in [0.25, 0.3) is 0 Å². The molecule has 14 heavy (non-hydrogen) atoms. The lowest BCUT2D eigenvalue weighted by Crippen LogP contribution is -2.42. The Morgan fingerprint density at radius 3 is 2.86 bits per heavy atom. The van der Waals surface area contributed by atoms with Gasteiger partial charge in [-0.05, 0) is 18.8 Å². The first kappa shape index (κ1) is 11.5. The number of likely N-dealkylation sites (tertiary alicyclic amines) is 1. The zero-order chi connectivity index (χ0) is 10.6. The van der Waals surface area contributed by atoms with Crippen molar-refractivity contribution in [3.8, 4) is 0 Å². The van der Waals surface area contributed by atoms with E-state index < -0.39 is 0 Å². The van der Waals surface area contributed by atoms with E-state index in [4.69, 9.17) is 5.73 Å². The monoisotopic (exact) mass is 198 g/mol. The number of unbranched alkanes of at least 4 members (excludes halogenated alkanes) is 1.